The fourth-order valence-corrected chi connectivity index (χ4v) is 10.7. The van der Waals surface area contributed by atoms with Crippen LogP contribution in [0.1, 0.15) is 91.9 Å². The predicted octanol–water partition coefficient (Wildman–Crippen LogP) is 4.04. The minimum absolute atomic E-state index is 0.0193. The molecule has 0 aromatic rings. The van der Waals surface area contributed by atoms with E-state index in [9.17, 15) is 31.6 Å². The molecule has 0 bridgehead atoms. The monoisotopic (exact) mass is 596 g/mol. The van der Waals surface area contributed by atoms with Crippen LogP contribution in [-0.4, -0.2) is 61.1 Å². The molecule has 12 heteroatoms. The number of fused-ring (bicyclic) bond motifs is 5. The van der Waals surface area contributed by atoms with Crippen LogP contribution in [0.5, 0.6) is 0 Å². The van der Waals surface area contributed by atoms with Crippen molar-refractivity contribution in [2.75, 3.05) is 6.61 Å². The van der Waals surface area contributed by atoms with Crippen LogP contribution in [0.2, 0.25) is 0 Å². The van der Waals surface area contributed by atoms with Gasteiger partial charge in [0.1, 0.15) is 6.10 Å². The van der Waals surface area contributed by atoms with Gasteiger partial charge in [-0.05, 0) is 104 Å². The summed E-state index contributed by atoms with van der Waals surface area (Å²) in [5.41, 5.74) is -0.109. The number of aliphatic hydroxyl groups excluding tert-OH is 2. The third kappa shape index (κ3) is 6.53. The topological polar surface area (TPSA) is 168 Å². The first-order chi connectivity index (χ1) is 18.0. The summed E-state index contributed by atoms with van der Waals surface area (Å²) in [5, 5.41) is 22.6. The van der Waals surface area contributed by atoms with Crippen LogP contribution in [-0.2, 0) is 29.2 Å². The van der Waals surface area contributed by atoms with Gasteiger partial charge in [-0.15, -0.1) is 0 Å². The molecule has 0 spiro atoms. The fraction of sp³-hybridized carbons (Fsp3) is 1.00. The molecule has 4 fully saturated rings. The summed E-state index contributed by atoms with van der Waals surface area (Å²) in [4.78, 5) is 0. The molecule has 0 saturated heterocycles. The first kappa shape index (κ1) is 31.6. The maximum Gasteiger partial charge on any atom is 0.397 e. The highest BCUT2D eigenvalue weighted by atomic mass is 32.3. The molecule has 12 atom stereocenters. The Balaban J connectivity index is 1.41. The normalized spacial score (nSPS) is 44.2. The fourth-order valence-electron chi connectivity index (χ4n) is 9.76. The summed E-state index contributed by atoms with van der Waals surface area (Å²) in [6.45, 7) is 8.80. The van der Waals surface area contributed by atoms with Crippen LogP contribution >= 0.6 is 0 Å². The molecule has 39 heavy (non-hydrogen) atoms. The van der Waals surface area contributed by atoms with E-state index < -0.39 is 39.1 Å². The zero-order valence-electron chi connectivity index (χ0n) is 23.6. The van der Waals surface area contributed by atoms with E-state index in [1.165, 1.54) is 0 Å². The van der Waals surface area contributed by atoms with E-state index in [0.29, 0.717) is 37.0 Å². The van der Waals surface area contributed by atoms with E-state index in [2.05, 4.69) is 25.0 Å². The van der Waals surface area contributed by atoms with Gasteiger partial charge in [-0.2, -0.15) is 16.8 Å². The van der Waals surface area contributed by atoms with Crippen molar-refractivity contribution in [2.45, 2.75) is 110 Å². The quantitative estimate of drug-likeness (QED) is 0.270. The van der Waals surface area contributed by atoms with Crippen LogP contribution in [0.15, 0.2) is 0 Å². The minimum atomic E-state index is -4.67. The largest absolute Gasteiger partial charge is 0.397 e. The van der Waals surface area contributed by atoms with Crippen LogP contribution in [0.25, 0.3) is 0 Å². The molecular formula is C27H48O10S2. The van der Waals surface area contributed by atoms with Crippen molar-refractivity contribution >= 4 is 20.8 Å². The van der Waals surface area contributed by atoms with Gasteiger partial charge in [0.15, 0.2) is 0 Å². The molecule has 4 unspecified atom stereocenters. The smallest absolute Gasteiger partial charge is 0.393 e. The van der Waals surface area contributed by atoms with Crippen molar-refractivity contribution in [3.63, 3.8) is 0 Å². The molecule has 4 aliphatic carbocycles. The summed E-state index contributed by atoms with van der Waals surface area (Å²) in [5.74, 6) is 1.54. The molecule has 0 amide bonds. The van der Waals surface area contributed by atoms with Gasteiger partial charge in [-0.1, -0.05) is 40.5 Å². The first-order valence-corrected chi connectivity index (χ1v) is 17.3. The van der Waals surface area contributed by atoms with Crippen molar-refractivity contribution in [3.05, 3.63) is 0 Å². The third-order valence-electron chi connectivity index (χ3n) is 11.6. The summed E-state index contributed by atoms with van der Waals surface area (Å²) < 4.78 is 71.6. The van der Waals surface area contributed by atoms with Crippen LogP contribution in [0, 0.1) is 52.3 Å². The molecule has 4 aliphatic rings. The number of aliphatic hydroxyl groups is 2. The zero-order chi connectivity index (χ0) is 29.0. The summed E-state index contributed by atoms with van der Waals surface area (Å²) in [7, 11) is -9.08. The summed E-state index contributed by atoms with van der Waals surface area (Å²) in [6.07, 6.45) is 5.82. The van der Waals surface area contributed by atoms with E-state index in [0.717, 1.165) is 44.9 Å². The molecule has 0 heterocycles. The van der Waals surface area contributed by atoms with E-state index in [1.807, 2.05) is 6.92 Å². The highest BCUT2D eigenvalue weighted by Crippen LogP contribution is 2.68. The lowest BCUT2D eigenvalue weighted by Crippen LogP contribution is -2.62. The van der Waals surface area contributed by atoms with E-state index in [4.69, 9.17) is 8.74 Å². The van der Waals surface area contributed by atoms with Gasteiger partial charge in [-0.25, -0.2) is 8.37 Å². The average molecular weight is 597 g/mol. The van der Waals surface area contributed by atoms with Gasteiger partial charge in [0, 0.05) is 0 Å². The van der Waals surface area contributed by atoms with Gasteiger partial charge in [0.2, 0.25) is 0 Å². The Bertz CT molecular complexity index is 1080. The maximum atomic E-state index is 11.5. The molecule has 0 radical (unpaired) electrons. The second-order valence-corrected chi connectivity index (χ2v) is 15.9. The highest BCUT2D eigenvalue weighted by Gasteiger charge is 2.64. The van der Waals surface area contributed by atoms with Crippen molar-refractivity contribution in [1.82, 2.24) is 0 Å². The van der Waals surface area contributed by atoms with Gasteiger partial charge < -0.3 is 10.2 Å². The Morgan fingerprint density at radius 3 is 2.13 bits per heavy atom. The van der Waals surface area contributed by atoms with Gasteiger partial charge in [0.25, 0.3) is 0 Å². The van der Waals surface area contributed by atoms with Crippen molar-refractivity contribution in [1.29, 1.82) is 0 Å². The molecular weight excluding hydrogens is 548 g/mol. The Labute approximate surface area is 234 Å². The molecule has 0 aromatic carbocycles. The summed E-state index contributed by atoms with van der Waals surface area (Å²) in [6, 6.07) is 0. The van der Waals surface area contributed by atoms with Crippen LogP contribution in [0.3, 0.4) is 0 Å². The third-order valence-corrected chi connectivity index (χ3v) is 12.5. The first-order valence-electron chi connectivity index (χ1n) is 14.6. The minimum Gasteiger partial charge on any atom is -0.393 e. The van der Waals surface area contributed by atoms with Crippen molar-refractivity contribution < 1.29 is 44.5 Å². The second-order valence-electron chi connectivity index (χ2n) is 13.8. The standard InChI is InChI=1S/C27H48O10S2/c1-16(15-36-38(30,31)32)6-5-7-17(2)18-8-9-19-24-20(10-12-26(18,19)3)27(4)13-11-23(37-39(33,34)35)25(29)21(27)14-22(24)28/h16-25,28-29H,5-15H2,1-4H3,(H,30,31,32)(H,33,34,35)/t16?,17-,18-,19?,20?,21+,22-,23-,24?,25-,26-,27-/m1/s1. The Morgan fingerprint density at radius 1 is 0.846 bits per heavy atom. The molecule has 0 aliphatic heterocycles. The van der Waals surface area contributed by atoms with Crippen molar-refractivity contribution in [3.8, 4) is 0 Å². The molecule has 4 saturated carbocycles. The second kappa shape index (κ2) is 11.4. The molecule has 228 valence electrons. The molecule has 0 aromatic heterocycles. The van der Waals surface area contributed by atoms with E-state index >= 15 is 0 Å². The molecule has 4 rings (SSSR count). The Hall–Kier alpha value is -0.340. The maximum absolute atomic E-state index is 11.5. The zero-order valence-corrected chi connectivity index (χ0v) is 25.2. The number of rotatable bonds is 10. The Kier molecular flexibility index (Phi) is 9.23. The lowest BCUT2D eigenvalue weighted by atomic mass is 9.43. The van der Waals surface area contributed by atoms with Crippen LogP contribution < -0.4 is 0 Å². The molecule has 4 N–H and O–H groups in total. The lowest BCUT2D eigenvalue weighted by Gasteiger charge is -2.63. The van der Waals surface area contributed by atoms with Gasteiger partial charge in [0.05, 0.1) is 18.8 Å². The van der Waals surface area contributed by atoms with Crippen molar-refractivity contribution in [2.24, 2.45) is 52.3 Å². The van der Waals surface area contributed by atoms with Gasteiger partial charge >= 0.3 is 20.8 Å². The van der Waals surface area contributed by atoms with E-state index in [-0.39, 0.29) is 41.1 Å². The SMILES string of the molecule is CC(CCC[C@@H](C)[C@H]1CCC2C3C(CC[C@@]21C)[C@@]1(C)CC[C@@H](OS(=O)(=O)O)[C@H](O)[C@@H]1C[C@H]3O)COS(=O)(=O)O. The van der Waals surface area contributed by atoms with E-state index in [1.54, 1.807) is 0 Å². The number of hydrogen-bond donors (Lipinski definition) is 4. The lowest BCUT2D eigenvalue weighted by molar-refractivity contribution is -0.204. The van der Waals surface area contributed by atoms with Crippen LogP contribution in [0.4, 0.5) is 0 Å². The Morgan fingerprint density at radius 2 is 1.49 bits per heavy atom. The highest BCUT2D eigenvalue weighted by molar-refractivity contribution is 7.81. The average Bonchev–Trinajstić information content (AvgIpc) is 3.17. The molecule has 10 nitrogen and oxygen atoms in total. The van der Waals surface area contributed by atoms with Gasteiger partial charge in [-0.3, -0.25) is 9.11 Å². The predicted molar refractivity (Wildman–Crippen MR) is 144 cm³/mol. The number of hydrogen-bond acceptors (Lipinski definition) is 8. The summed E-state index contributed by atoms with van der Waals surface area (Å²) >= 11 is 0.